The molecule has 0 radical (unpaired) electrons. The van der Waals surface area contributed by atoms with Gasteiger partial charge in [0.25, 0.3) is 0 Å². The van der Waals surface area contributed by atoms with Gasteiger partial charge in [-0.2, -0.15) is 0 Å². The average molecular weight is 283 g/mol. The smallest absolute Gasteiger partial charge is 0.329 e. The van der Waals surface area contributed by atoms with Gasteiger partial charge in [-0.3, -0.25) is 0 Å². The number of aliphatic carboxylic acids is 1. The first kappa shape index (κ1) is 13.8. The van der Waals surface area contributed by atoms with E-state index in [1.807, 2.05) is 5.38 Å². The van der Waals surface area contributed by atoms with Gasteiger partial charge in [0.2, 0.25) is 0 Å². The molecule has 0 bridgehead atoms. The number of carbonyl (C=O) groups excluding carboxylic acids is 1. The average Bonchev–Trinajstić information content (AvgIpc) is 2.90. The second-order valence-electron chi connectivity index (χ2n) is 4.68. The molecule has 3 N–H and O–H groups in total. The first-order valence-corrected chi connectivity index (χ1v) is 7.18. The summed E-state index contributed by atoms with van der Waals surface area (Å²) in [6, 6.07) is -0.445. The van der Waals surface area contributed by atoms with Crippen LogP contribution < -0.4 is 10.6 Å². The molecule has 0 unspecified atom stereocenters. The summed E-state index contributed by atoms with van der Waals surface area (Å²) >= 11 is 1.45. The largest absolute Gasteiger partial charge is 0.480 e. The lowest BCUT2D eigenvalue weighted by Gasteiger charge is -2.33. The first-order valence-electron chi connectivity index (χ1n) is 6.30. The number of hydrogen-bond donors (Lipinski definition) is 3. The maximum atomic E-state index is 11.8. The maximum absolute atomic E-state index is 11.8. The molecule has 1 saturated carbocycles. The molecule has 1 aromatic rings. The molecule has 0 spiro atoms. The Kier molecular flexibility index (Phi) is 4.36. The van der Waals surface area contributed by atoms with Crippen molar-refractivity contribution in [2.75, 3.05) is 0 Å². The number of amides is 2. The van der Waals surface area contributed by atoms with Gasteiger partial charge in [-0.05, 0) is 12.8 Å². The summed E-state index contributed by atoms with van der Waals surface area (Å²) in [6.07, 6.45) is 5.34. The molecule has 0 saturated heterocycles. The highest BCUT2D eigenvalue weighted by molar-refractivity contribution is 7.09. The van der Waals surface area contributed by atoms with Gasteiger partial charge in [0.15, 0.2) is 0 Å². The Bertz CT molecular complexity index is 441. The van der Waals surface area contributed by atoms with E-state index in [0.29, 0.717) is 19.4 Å². The molecule has 2 rings (SSSR count). The SMILES string of the molecule is O=C(NCc1nccs1)NC1(C(=O)O)CCCCC1. The third kappa shape index (κ3) is 3.44. The van der Waals surface area contributed by atoms with Crippen molar-refractivity contribution >= 4 is 23.3 Å². The van der Waals surface area contributed by atoms with Crippen molar-refractivity contribution in [2.45, 2.75) is 44.2 Å². The summed E-state index contributed by atoms with van der Waals surface area (Å²) in [5, 5.41) is 17.2. The Labute approximate surface area is 115 Å². The molecule has 0 atom stereocenters. The standard InChI is InChI=1S/C12H17N3O3S/c16-10(17)12(4-2-1-3-5-12)15-11(18)14-8-9-13-6-7-19-9/h6-7H,1-5,8H2,(H,16,17)(H2,14,15,18). The van der Waals surface area contributed by atoms with Gasteiger partial charge in [-0.15, -0.1) is 11.3 Å². The summed E-state index contributed by atoms with van der Waals surface area (Å²) in [5.74, 6) is -0.948. The molecule has 1 fully saturated rings. The number of nitrogens with zero attached hydrogens (tertiary/aromatic N) is 1. The van der Waals surface area contributed by atoms with Gasteiger partial charge in [-0.25, -0.2) is 14.6 Å². The summed E-state index contributed by atoms with van der Waals surface area (Å²) in [5.41, 5.74) is -1.11. The maximum Gasteiger partial charge on any atom is 0.329 e. The number of carboxylic acids is 1. The summed E-state index contributed by atoms with van der Waals surface area (Å²) < 4.78 is 0. The number of carboxylic acid groups (broad SMARTS) is 1. The van der Waals surface area contributed by atoms with Gasteiger partial charge in [0, 0.05) is 11.6 Å². The zero-order valence-corrected chi connectivity index (χ0v) is 11.3. The van der Waals surface area contributed by atoms with Crippen molar-refractivity contribution in [3.8, 4) is 0 Å². The second-order valence-corrected chi connectivity index (χ2v) is 5.66. The van der Waals surface area contributed by atoms with Crippen molar-refractivity contribution in [1.82, 2.24) is 15.6 Å². The van der Waals surface area contributed by atoms with Crippen LogP contribution >= 0.6 is 11.3 Å². The topological polar surface area (TPSA) is 91.3 Å². The number of thiazole rings is 1. The molecule has 1 aliphatic rings. The minimum Gasteiger partial charge on any atom is -0.480 e. The van der Waals surface area contributed by atoms with Crippen LogP contribution in [0.15, 0.2) is 11.6 Å². The van der Waals surface area contributed by atoms with Gasteiger partial charge < -0.3 is 15.7 Å². The monoisotopic (exact) mass is 283 g/mol. The van der Waals surface area contributed by atoms with Gasteiger partial charge >= 0.3 is 12.0 Å². The van der Waals surface area contributed by atoms with Crippen LogP contribution in [0.4, 0.5) is 4.79 Å². The van der Waals surface area contributed by atoms with Crippen LogP contribution in [0.3, 0.4) is 0 Å². The van der Waals surface area contributed by atoms with Crippen LogP contribution in [0.1, 0.15) is 37.1 Å². The van der Waals surface area contributed by atoms with Crippen molar-refractivity contribution in [2.24, 2.45) is 0 Å². The van der Waals surface area contributed by atoms with E-state index < -0.39 is 17.5 Å². The van der Waals surface area contributed by atoms with E-state index in [9.17, 15) is 14.7 Å². The Hall–Kier alpha value is -1.63. The summed E-state index contributed by atoms with van der Waals surface area (Å²) in [7, 11) is 0. The highest BCUT2D eigenvalue weighted by Crippen LogP contribution is 2.28. The molecule has 1 aromatic heterocycles. The van der Waals surface area contributed by atoms with Crippen LogP contribution in [0.2, 0.25) is 0 Å². The Morgan fingerprint density at radius 1 is 1.37 bits per heavy atom. The molecule has 1 aliphatic carbocycles. The fraction of sp³-hybridized carbons (Fsp3) is 0.583. The first-order chi connectivity index (χ1) is 9.12. The van der Waals surface area contributed by atoms with E-state index in [2.05, 4.69) is 15.6 Å². The van der Waals surface area contributed by atoms with E-state index in [4.69, 9.17) is 0 Å². The normalized spacial score (nSPS) is 17.7. The van der Waals surface area contributed by atoms with Crippen molar-refractivity contribution in [1.29, 1.82) is 0 Å². The Morgan fingerprint density at radius 3 is 2.68 bits per heavy atom. The second kappa shape index (κ2) is 6.01. The Balaban J connectivity index is 1.90. The minimum absolute atomic E-state index is 0.319. The molecule has 0 aliphatic heterocycles. The van der Waals surface area contributed by atoms with Crippen LogP contribution in [0.25, 0.3) is 0 Å². The highest BCUT2D eigenvalue weighted by atomic mass is 32.1. The number of rotatable bonds is 4. The zero-order valence-electron chi connectivity index (χ0n) is 10.5. The number of carbonyl (C=O) groups is 2. The number of aromatic nitrogens is 1. The quantitative estimate of drug-likeness (QED) is 0.784. The molecular formula is C12H17N3O3S. The lowest BCUT2D eigenvalue weighted by molar-refractivity contribution is -0.145. The third-order valence-electron chi connectivity index (χ3n) is 3.35. The van der Waals surface area contributed by atoms with Crippen molar-refractivity contribution in [3.05, 3.63) is 16.6 Å². The van der Waals surface area contributed by atoms with Crippen LogP contribution in [-0.4, -0.2) is 27.6 Å². The van der Waals surface area contributed by atoms with E-state index >= 15 is 0 Å². The van der Waals surface area contributed by atoms with Crippen LogP contribution in [0.5, 0.6) is 0 Å². The van der Waals surface area contributed by atoms with Crippen LogP contribution in [-0.2, 0) is 11.3 Å². The van der Waals surface area contributed by atoms with Gasteiger partial charge in [-0.1, -0.05) is 19.3 Å². The lowest BCUT2D eigenvalue weighted by Crippen LogP contribution is -2.57. The molecule has 0 aromatic carbocycles. The van der Waals surface area contributed by atoms with E-state index in [0.717, 1.165) is 24.3 Å². The van der Waals surface area contributed by atoms with Crippen molar-refractivity contribution in [3.63, 3.8) is 0 Å². The molecule has 2 amide bonds. The van der Waals surface area contributed by atoms with Crippen molar-refractivity contribution < 1.29 is 14.7 Å². The molecule has 6 nitrogen and oxygen atoms in total. The Morgan fingerprint density at radius 2 is 2.11 bits per heavy atom. The highest BCUT2D eigenvalue weighted by Gasteiger charge is 2.40. The molecule has 7 heteroatoms. The lowest BCUT2D eigenvalue weighted by atomic mass is 9.82. The van der Waals surface area contributed by atoms with E-state index in [-0.39, 0.29) is 0 Å². The molecule has 104 valence electrons. The van der Waals surface area contributed by atoms with E-state index in [1.54, 1.807) is 6.20 Å². The number of nitrogens with one attached hydrogen (secondary N) is 2. The van der Waals surface area contributed by atoms with Gasteiger partial charge in [0.1, 0.15) is 10.5 Å². The number of urea groups is 1. The van der Waals surface area contributed by atoms with E-state index in [1.165, 1.54) is 11.3 Å². The predicted octanol–water partition coefficient (Wildman–Crippen LogP) is 1.73. The fourth-order valence-electron chi connectivity index (χ4n) is 2.31. The number of hydrogen-bond acceptors (Lipinski definition) is 4. The molecule has 19 heavy (non-hydrogen) atoms. The molecular weight excluding hydrogens is 266 g/mol. The summed E-state index contributed by atoms with van der Waals surface area (Å²) in [4.78, 5) is 27.2. The molecule has 1 heterocycles. The van der Waals surface area contributed by atoms with Crippen LogP contribution in [0, 0.1) is 0 Å². The zero-order chi connectivity index (χ0) is 13.7. The minimum atomic E-state index is -1.11. The summed E-state index contributed by atoms with van der Waals surface area (Å²) in [6.45, 7) is 0.319. The third-order valence-corrected chi connectivity index (χ3v) is 4.13. The van der Waals surface area contributed by atoms with Gasteiger partial charge in [0.05, 0.1) is 6.54 Å². The fourth-order valence-corrected chi connectivity index (χ4v) is 2.86. The predicted molar refractivity (Wildman–Crippen MR) is 70.9 cm³/mol.